The largest absolute Gasteiger partial charge is 0.515 e. The summed E-state index contributed by atoms with van der Waals surface area (Å²) in [6.45, 7) is 8.96. The van der Waals surface area contributed by atoms with Crippen LogP contribution < -0.4 is 10.1 Å². The third-order valence-electron chi connectivity index (χ3n) is 4.86. The van der Waals surface area contributed by atoms with E-state index in [4.69, 9.17) is 4.74 Å². The van der Waals surface area contributed by atoms with Crippen molar-refractivity contribution >= 4 is 11.5 Å². The van der Waals surface area contributed by atoms with Crippen molar-refractivity contribution < 1.29 is 14.6 Å². The Labute approximate surface area is 168 Å². The first kappa shape index (κ1) is 21.5. The molecule has 4 heteroatoms. The van der Waals surface area contributed by atoms with Crippen molar-refractivity contribution in [3.8, 4) is 5.75 Å². The number of nitrogens with one attached hydrogen (secondary N) is 1. The van der Waals surface area contributed by atoms with Crippen molar-refractivity contribution in [2.24, 2.45) is 5.92 Å². The van der Waals surface area contributed by atoms with Crippen molar-refractivity contribution in [3.05, 3.63) is 71.5 Å². The number of benzene rings is 2. The monoisotopic (exact) mass is 381 g/mol. The van der Waals surface area contributed by atoms with Crippen LogP contribution in [0.25, 0.3) is 5.57 Å². The lowest BCUT2D eigenvalue weighted by molar-refractivity contribution is -0.116. The average molecular weight is 382 g/mol. The van der Waals surface area contributed by atoms with Gasteiger partial charge in [0.1, 0.15) is 5.75 Å². The number of aryl methyl sites for hydroxylation is 1. The van der Waals surface area contributed by atoms with E-state index in [0.717, 1.165) is 36.0 Å². The highest BCUT2D eigenvalue weighted by Gasteiger charge is 2.17. The molecule has 0 radical (unpaired) electrons. The van der Waals surface area contributed by atoms with Gasteiger partial charge in [0.2, 0.25) is 0 Å². The van der Waals surface area contributed by atoms with E-state index in [-0.39, 0.29) is 17.5 Å². The number of aliphatic hydroxyl groups excluding tert-OH is 1. The molecule has 0 aromatic heterocycles. The van der Waals surface area contributed by atoms with Gasteiger partial charge in [-0.3, -0.25) is 4.79 Å². The lowest BCUT2D eigenvalue weighted by Gasteiger charge is -2.18. The van der Waals surface area contributed by atoms with E-state index in [1.54, 1.807) is 12.1 Å². The summed E-state index contributed by atoms with van der Waals surface area (Å²) in [6, 6.07) is 15.0. The Balaban J connectivity index is 2.02. The zero-order valence-electron chi connectivity index (χ0n) is 17.2. The molecule has 0 aliphatic heterocycles. The van der Waals surface area contributed by atoms with E-state index in [9.17, 15) is 9.90 Å². The molecule has 0 aliphatic carbocycles. The van der Waals surface area contributed by atoms with E-state index in [2.05, 4.69) is 19.2 Å². The smallest absolute Gasteiger partial charge is 0.255 e. The van der Waals surface area contributed by atoms with Gasteiger partial charge in [-0.15, -0.1) is 0 Å². The maximum absolute atomic E-state index is 12.7. The molecule has 0 saturated heterocycles. The summed E-state index contributed by atoms with van der Waals surface area (Å²) >= 11 is 0. The van der Waals surface area contributed by atoms with Gasteiger partial charge in [-0.2, -0.15) is 0 Å². The molecule has 0 heterocycles. The van der Waals surface area contributed by atoms with E-state index in [0.29, 0.717) is 18.1 Å². The minimum Gasteiger partial charge on any atom is -0.515 e. The standard InChI is InChI=1S/C24H31NO3/c1-5-8-17(2)16-28-21-13-11-20(12-14-21)23(15-26)24(27)25-19(4)22-10-7-6-9-18(22)3/h6-7,9-15,17,19,26H,5,8,16H2,1-4H3,(H,25,27)/t17-,19+/m0/s1. The fraction of sp³-hybridized carbons (Fsp3) is 0.375. The fourth-order valence-corrected chi connectivity index (χ4v) is 3.23. The number of hydrogen-bond donors (Lipinski definition) is 2. The summed E-state index contributed by atoms with van der Waals surface area (Å²) in [7, 11) is 0. The normalized spacial score (nSPS) is 13.6. The second kappa shape index (κ2) is 10.5. The van der Waals surface area contributed by atoms with Crippen LogP contribution in [0.1, 0.15) is 56.3 Å². The molecule has 2 N–H and O–H groups in total. The predicted molar refractivity (Wildman–Crippen MR) is 114 cm³/mol. The molecule has 150 valence electrons. The minimum atomic E-state index is -0.316. The molecule has 0 saturated carbocycles. The van der Waals surface area contributed by atoms with Gasteiger partial charge in [-0.1, -0.05) is 56.7 Å². The Hall–Kier alpha value is -2.75. The lowest BCUT2D eigenvalue weighted by Crippen LogP contribution is -2.28. The first-order valence-electron chi connectivity index (χ1n) is 9.90. The third kappa shape index (κ3) is 5.88. The SMILES string of the molecule is CCC[C@H](C)COc1ccc(C(=CO)C(=O)N[C@H](C)c2ccccc2C)cc1. The molecule has 2 rings (SSSR count). The Morgan fingerprint density at radius 2 is 1.82 bits per heavy atom. The van der Waals surface area contributed by atoms with Crippen LogP contribution in [0.3, 0.4) is 0 Å². The van der Waals surface area contributed by atoms with Crippen molar-refractivity contribution in [2.45, 2.75) is 46.6 Å². The molecule has 0 unspecified atom stereocenters. The zero-order valence-corrected chi connectivity index (χ0v) is 17.2. The van der Waals surface area contributed by atoms with Crippen LogP contribution >= 0.6 is 0 Å². The molecule has 28 heavy (non-hydrogen) atoms. The van der Waals surface area contributed by atoms with Gasteiger partial charge >= 0.3 is 0 Å². The highest BCUT2D eigenvalue weighted by Crippen LogP contribution is 2.22. The van der Waals surface area contributed by atoms with Crippen molar-refractivity contribution in [3.63, 3.8) is 0 Å². The van der Waals surface area contributed by atoms with Crippen molar-refractivity contribution in [2.75, 3.05) is 6.61 Å². The van der Waals surface area contributed by atoms with Crippen molar-refractivity contribution in [1.82, 2.24) is 5.32 Å². The number of carbonyl (C=O) groups is 1. The first-order valence-corrected chi connectivity index (χ1v) is 9.90. The maximum Gasteiger partial charge on any atom is 0.255 e. The topological polar surface area (TPSA) is 58.6 Å². The summed E-state index contributed by atoms with van der Waals surface area (Å²) in [5.74, 6) is 0.951. The number of carbonyl (C=O) groups excluding carboxylic acids is 1. The summed E-state index contributed by atoms with van der Waals surface area (Å²) < 4.78 is 5.80. The minimum absolute atomic E-state index is 0.161. The van der Waals surface area contributed by atoms with Crippen LogP contribution in [0.4, 0.5) is 0 Å². The summed E-state index contributed by atoms with van der Waals surface area (Å²) in [4.78, 5) is 12.7. The van der Waals surface area contributed by atoms with E-state index in [1.165, 1.54) is 0 Å². The molecule has 0 aliphatic rings. The number of rotatable bonds is 9. The van der Waals surface area contributed by atoms with Crippen LogP contribution in [-0.4, -0.2) is 17.6 Å². The molecular formula is C24H31NO3. The van der Waals surface area contributed by atoms with Gasteiger partial charge < -0.3 is 15.2 Å². The molecule has 0 fully saturated rings. The number of hydrogen-bond acceptors (Lipinski definition) is 3. The fourth-order valence-electron chi connectivity index (χ4n) is 3.23. The second-order valence-electron chi connectivity index (χ2n) is 7.32. The highest BCUT2D eigenvalue weighted by molar-refractivity contribution is 6.19. The molecule has 1 amide bonds. The van der Waals surface area contributed by atoms with E-state index in [1.807, 2.05) is 50.2 Å². The second-order valence-corrected chi connectivity index (χ2v) is 7.32. The quantitative estimate of drug-likeness (QED) is 0.440. The van der Waals surface area contributed by atoms with Gasteiger partial charge in [0, 0.05) is 0 Å². The van der Waals surface area contributed by atoms with Crippen LogP contribution in [0, 0.1) is 12.8 Å². The van der Waals surface area contributed by atoms with Gasteiger partial charge in [0.05, 0.1) is 24.5 Å². The molecule has 0 bridgehead atoms. The highest BCUT2D eigenvalue weighted by atomic mass is 16.5. The van der Waals surface area contributed by atoms with E-state index < -0.39 is 0 Å². The predicted octanol–water partition coefficient (Wildman–Crippen LogP) is 5.59. The zero-order chi connectivity index (χ0) is 20.5. The summed E-state index contributed by atoms with van der Waals surface area (Å²) in [5, 5.41) is 12.6. The van der Waals surface area contributed by atoms with Gasteiger partial charge in [0.25, 0.3) is 5.91 Å². The van der Waals surface area contributed by atoms with Gasteiger partial charge in [0.15, 0.2) is 0 Å². The number of ether oxygens (including phenoxy) is 1. The average Bonchev–Trinajstić information content (AvgIpc) is 2.68. The molecule has 4 nitrogen and oxygen atoms in total. The van der Waals surface area contributed by atoms with Crippen LogP contribution in [0.15, 0.2) is 54.8 Å². The summed E-state index contributed by atoms with van der Waals surface area (Å²) in [5.41, 5.74) is 3.04. The first-order chi connectivity index (χ1) is 13.5. The van der Waals surface area contributed by atoms with Gasteiger partial charge in [-0.25, -0.2) is 0 Å². The third-order valence-corrected chi connectivity index (χ3v) is 4.86. The van der Waals surface area contributed by atoms with Crippen LogP contribution in [0.2, 0.25) is 0 Å². The molecule has 2 aromatic rings. The molecule has 2 aromatic carbocycles. The van der Waals surface area contributed by atoms with Crippen LogP contribution in [0.5, 0.6) is 5.75 Å². The Bertz CT molecular complexity index is 796. The molecule has 2 atom stereocenters. The van der Waals surface area contributed by atoms with Crippen molar-refractivity contribution in [1.29, 1.82) is 0 Å². The maximum atomic E-state index is 12.7. The molecule has 0 spiro atoms. The number of aliphatic hydroxyl groups is 1. The van der Waals surface area contributed by atoms with E-state index >= 15 is 0 Å². The number of amides is 1. The Kier molecular flexibility index (Phi) is 8.12. The Morgan fingerprint density at radius 3 is 2.43 bits per heavy atom. The lowest BCUT2D eigenvalue weighted by atomic mass is 10.0. The van der Waals surface area contributed by atoms with Gasteiger partial charge in [-0.05, 0) is 55.0 Å². The molecular weight excluding hydrogens is 350 g/mol. The van der Waals surface area contributed by atoms with Crippen LogP contribution in [-0.2, 0) is 4.79 Å². The Morgan fingerprint density at radius 1 is 1.14 bits per heavy atom. The summed E-state index contributed by atoms with van der Waals surface area (Å²) in [6.07, 6.45) is 3.14.